The van der Waals surface area contributed by atoms with Gasteiger partial charge in [0.15, 0.2) is 0 Å². The SMILES string of the molecule is CCCCCN(C(=O)COC)N1CCOC1=O. The normalized spacial score (nSPS) is 14.9. The molecule has 1 saturated heterocycles. The Bertz CT molecular complexity index is 270. The van der Waals surface area contributed by atoms with E-state index >= 15 is 0 Å². The van der Waals surface area contributed by atoms with E-state index in [-0.39, 0.29) is 12.5 Å². The van der Waals surface area contributed by atoms with Crippen molar-refractivity contribution in [2.24, 2.45) is 0 Å². The second-order valence-corrected chi connectivity index (χ2v) is 3.89. The molecular weight excluding hydrogens is 224 g/mol. The Labute approximate surface area is 101 Å². The molecule has 0 aliphatic carbocycles. The van der Waals surface area contributed by atoms with Crippen LogP contribution in [0.2, 0.25) is 0 Å². The second-order valence-electron chi connectivity index (χ2n) is 3.89. The minimum Gasteiger partial charge on any atom is -0.446 e. The largest absolute Gasteiger partial charge is 0.446 e. The van der Waals surface area contributed by atoms with Crippen LogP contribution in [0.4, 0.5) is 4.79 Å². The van der Waals surface area contributed by atoms with Crippen LogP contribution >= 0.6 is 0 Å². The van der Waals surface area contributed by atoms with Crippen molar-refractivity contribution >= 4 is 12.0 Å². The molecule has 6 nitrogen and oxygen atoms in total. The highest BCUT2D eigenvalue weighted by atomic mass is 16.6. The van der Waals surface area contributed by atoms with Gasteiger partial charge in [0, 0.05) is 13.7 Å². The molecular formula is C11H20N2O4. The van der Waals surface area contributed by atoms with Gasteiger partial charge in [0.1, 0.15) is 13.2 Å². The Balaban J connectivity index is 2.57. The summed E-state index contributed by atoms with van der Waals surface area (Å²) >= 11 is 0. The van der Waals surface area contributed by atoms with E-state index in [1.807, 2.05) is 0 Å². The molecule has 1 aliphatic heterocycles. The lowest BCUT2D eigenvalue weighted by Crippen LogP contribution is -2.48. The standard InChI is InChI=1S/C11H20N2O4/c1-3-4-5-6-12(10(14)9-16-2)13-7-8-17-11(13)15/h3-9H2,1-2H3. The molecule has 2 amide bonds. The number of amides is 2. The van der Waals surface area contributed by atoms with Crippen molar-refractivity contribution in [3.05, 3.63) is 0 Å². The molecule has 98 valence electrons. The summed E-state index contributed by atoms with van der Waals surface area (Å²) in [7, 11) is 1.46. The van der Waals surface area contributed by atoms with E-state index in [1.54, 1.807) is 0 Å². The molecule has 0 saturated carbocycles. The van der Waals surface area contributed by atoms with E-state index in [9.17, 15) is 9.59 Å². The van der Waals surface area contributed by atoms with Gasteiger partial charge in [-0.1, -0.05) is 19.8 Å². The van der Waals surface area contributed by atoms with E-state index in [0.717, 1.165) is 19.3 Å². The number of carbonyl (C=O) groups is 2. The molecule has 1 fully saturated rings. The van der Waals surface area contributed by atoms with Crippen LogP contribution in [0, 0.1) is 0 Å². The Kier molecular flexibility index (Phi) is 5.76. The first-order chi connectivity index (χ1) is 8.20. The Morgan fingerprint density at radius 3 is 2.82 bits per heavy atom. The fraction of sp³-hybridized carbons (Fsp3) is 0.818. The minimum atomic E-state index is -0.453. The third-order valence-corrected chi connectivity index (χ3v) is 2.56. The summed E-state index contributed by atoms with van der Waals surface area (Å²) in [6.07, 6.45) is 2.51. The summed E-state index contributed by atoms with van der Waals surface area (Å²) < 4.78 is 9.65. The maximum atomic E-state index is 11.8. The Morgan fingerprint density at radius 2 is 2.29 bits per heavy atom. The molecule has 0 N–H and O–H groups in total. The second kappa shape index (κ2) is 7.11. The molecule has 1 rings (SSSR count). The highest BCUT2D eigenvalue weighted by Crippen LogP contribution is 2.10. The molecule has 17 heavy (non-hydrogen) atoms. The lowest BCUT2D eigenvalue weighted by Gasteiger charge is -2.29. The van der Waals surface area contributed by atoms with Crippen LogP contribution in [0.3, 0.4) is 0 Å². The van der Waals surface area contributed by atoms with E-state index in [4.69, 9.17) is 9.47 Å². The van der Waals surface area contributed by atoms with Crippen molar-refractivity contribution in [3.63, 3.8) is 0 Å². The van der Waals surface area contributed by atoms with Gasteiger partial charge in [0.2, 0.25) is 0 Å². The predicted octanol–water partition coefficient (Wildman–Crippen LogP) is 1.02. The molecule has 0 spiro atoms. The summed E-state index contributed by atoms with van der Waals surface area (Å²) in [6.45, 7) is 3.37. The van der Waals surface area contributed by atoms with Gasteiger partial charge < -0.3 is 9.47 Å². The molecule has 1 heterocycles. The van der Waals surface area contributed by atoms with Gasteiger partial charge in [-0.2, -0.15) is 0 Å². The highest BCUT2D eigenvalue weighted by molar-refractivity contribution is 5.80. The van der Waals surface area contributed by atoms with Gasteiger partial charge in [-0.25, -0.2) is 14.8 Å². The summed E-state index contributed by atoms with van der Waals surface area (Å²) in [6, 6.07) is 0. The lowest BCUT2D eigenvalue weighted by molar-refractivity contribution is -0.147. The topological polar surface area (TPSA) is 59.1 Å². The summed E-state index contributed by atoms with van der Waals surface area (Å²) in [5, 5.41) is 2.80. The molecule has 0 bridgehead atoms. The Morgan fingerprint density at radius 1 is 1.53 bits per heavy atom. The van der Waals surface area contributed by atoms with Crippen molar-refractivity contribution in [1.82, 2.24) is 10.0 Å². The molecule has 0 aromatic carbocycles. The van der Waals surface area contributed by atoms with Gasteiger partial charge in [-0.15, -0.1) is 0 Å². The number of carbonyl (C=O) groups excluding carboxylic acids is 2. The number of hydrogen-bond donors (Lipinski definition) is 0. The molecule has 1 aliphatic rings. The average Bonchev–Trinajstić information content (AvgIpc) is 2.71. The third-order valence-electron chi connectivity index (χ3n) is 2.56. The Hall–Kier alpha value is -1.30. The number of unbranched alkanes of at least 4 members (excludes halogenated alkanes) is 2. The maximum Gasteiger partial charge on any atom is 0.429 e. The first-order valence-corrected chi connectivity index (χ1v) is 5.94. The predicted molar refractivity (Wildman–Crippen MR) is 61.2 cm³/mol. The fourth-order valence-corrected chi connectivity index (χ4v) is 1.69. The van der Waals surface area contributed by atoms with Gasteiger partial charge in [-0.3, -0.25) is 4.79 Å². The monoisotopic (exact) mass is 244 g/mol. The number of rotatable bonds is 7. The van der Waals surface area contributed by atoms with Gasteiger partial charge in [-0.05, 0) is 6.42 Å². The van der Waals surface area contributed by atoms with Crippen LogP contribution < -0.4 is 0 Å². The van der Waals surface area contributed by atoms with Crippen molar-refractivity contribution < 1.29 is 19.1 Å². The van der Waals surface area contributed by atoms with Crippen LogP contribution in [-0.4, -0.2) is 55.4 Å². The third kappa shape index (κ3) is 3.89. The number of ether oxygens (including phenoxy) is 2. The van der Waals surface area contributed by atoms with Gasteiger partial charge >= 0.3 is 6.09 Å². The fourth-order valence-electron chi connectivity index (χ4n) is 1.69. The molecule has 0 aromatic heterocycles. The van der Waals surface area contributed by atoms with E-state index in [1.165, 1.54) is 17.1 Å². The maximum absolute atomic E-state index is 11.8. The zero-order chi connectivity index (χ0) is 12.7. The molecule has 0 atom stereocenters. The first kappa shape index (κ1) is 13.8. The van der Waals surface area contributed by atoms with Crippen molar-refractivity contribution in [3.8, 4) is 0 Å². The number of cyclic esters (lactones) is 1. The average molecular weight is 244 g/mol. The van der Waals surface area contributed by atoms with Crippen LogP contribution in [0.1, 0.15) is 26.2 Å². The first-order valence-electron chi connectivity index (χ1n) is 5.94. The van der Waals surface area contributed by atoms with Crippen LogP contribution in [0.5, 0.6) is 0 Å². The van der Waals surface area contributed by atoms with Crippen LogP contribution in [0.25, 0.3) is 0 Å². The number of hydrogen-bond acceptors (Lipinski definition) is 4. The van der Waals surface area contributed by atoms with Crippen LogP contribution in [0.15, 0.2) is 0 Å². The molecule has 0 unspecified atom stereocenters. The van der Waals surface area contributed by atoms with Crippen LogP contribution in [-0.2, 0) is 14.3 Å². The van der Waals surface area contributed by atoms with E-state index < -0.39 is 6.09 Å². The zero-order valence-corrected chi connectivity index (χ0v) is 10.5. The van der Waals surface area contributed by atoms with E-state index in [2.05, 4.69) is 6.92 Å². The van der Waals surface area contributed by atoms with E-state index in [0.29, 0.717) is 19.7 Å². The summed E-state index contributed by atoms with van der Waals surface area (Å²) in [5.74, 6) is -0.206. The molecule has 6 heteroatoms. The summed E-state index contributed by atoms with van der Waals surface area (Å²) in [5.41, 5.74) is 0. The van der Waals surface area contributed by atoms with Gasteiger partial charge in [0.05, 0.1) is 6.54 Å². The highest BCUT2D eigenvalue weighted by Gasteiger charge is 2.30. The summed E-state index contributed by atoms with van der Waals surface area (Å²) in [4.78, 5) is 23.2. The number of nitrogens with zero attached hydrogens (tertiary/aromatic N) is 2. The quantitative estimate of drug-likeness (QED) is 0.627. The number of methoxy groups -OCH3 is 1. The smallest absolute Gasteiger partial charge is 0.429 e. The molecule has 0 aromatic rings. The number of hydrazine groups is 1. The molecule has 0 radical (unpaired) electrons. The van der Waals surface area contributed by atoms with Crippen molar-refractivity contribution in [2.45, 2.75) is 26.2 Å². The zero-order valence-electron chi connectivity index (χ0n) is 10.5. The van der Waals surface area contributed by atoms with Crippen molar-refractivity contribution in [1.29, 1.82) is 0 Å². The minimum absolute atomic E-state index is 0.0180. The van der Waals surface area contributed by atoms with Crippen molar-refractivity contribution in [2.75, 3.05) is 33.4 Å². The van der Waals surface area contributed by atoms with Gasteiger partial charge in [0.25, 0.3) is 5.91 Å². The lowest BCUT2D eigenvalue weighted by atomic mass is 10.2.